The van der Waals surface area contributed by atoms with Crippen molar-refractivity contribution < 1.29 is 14.1 Å². The van der Waals surface area contributed by atoms with Crippen molar-refractivity contribution in [1.82, 2.24) is 4.90 Å². The summed E-state index contributed by atoms with van der Waals surface area (Å²) in [6.45, 7) is 4.16. The molecule has 1 aliphatic rings. The fraction of sp³-hybridized carbons (Fsp3) is 0.333. The topological polar surface area (TPSA) is 37.3 Å². The van der Waals surface area contributed by atoms with Crippen LogP contribution in [0.2, 0.25) is 0 Å². The van der Waals surface area contributed by atoms with Crippen molar-refractivity contribution in [2.75, 3.05) is 0 Å². The number of aromatic nitrogens is 1. The van der Waals surface area contributed by atoms with Crippen molar-refractivity contribution >= 4 is 5.91 Å². The first-order chi connectivity index (χ1) is 9.15. The number of amides is 1. The molecule has 0 bridgehead atoms. The van der Waals surface area contributed by atoms with Gasteiger partial charge in [-0.05, 0) is 11.1 Å². The predicted octanol–water partition coefficient (Wildman–Crippen LogP) is 1.98. The molecule has 1 atom stereocenters. The molecular weight excluding hydrogens is 240 g/mol. The Bertz CT molecular complexity index is 618. The van der Waals surface area contributed by atoms with Crippen molar-refractivity contribution in [3.63, 3.8) is 0 Å². The van der Waals surface area contributed by atoms with Crippen LogP contribution in [0.5, 0.6) is 0 Å². The quantitative estimate of drug-likeness (QED) is 0.733. The van der Waals surface area contributed by atoms with E-state index >= 15 is 0 Å². The summed E-state index contributed by atoms with van der Waals surface area (Å²) in [6.07, 6.45) is 2.61. The summed E-state index contributed by atoms with van der Waals surface area (Å²) < 4.78 is 7.41. The maximum Gasteiger partial charge on any atom is 0.284 e. The SMILES string of the molecule is CC(=O)N1Cc2ccccc2CC1[n+]1ccc(C)o1. The zero-order chi connectivity index (χ0) is 13.4. The molecule has 98 valence electrons. The molecular formula is C15H17N2O2+. The van der Waals surface area contributed by atoms with E-state index in [4.69, 9.17) is 4.52 Å². The summed E-state index contributed by atoms with van der Waals surface area (Å²) in [6, 6.07) is 10.2. The molecule has 1 aliphatic heterocycles. The largest absolute Gasteiger partial charge is 0.284 e. The van der Waals surface area contributed by atoms with Gasteiger partial charge in [-0.15, -0.1) is 0 Å². The zero-order valence-electron chi connectivity index (χ0n) is 11.2. The van der Waals surface area contributed by atoms with Crippen LogP contribution in [0.25, 0.3) is 0 Å². The van der Waals surface area contributed by atoms with Crippen LogP contribution in [0.1, 0.15) is 30.0 Å². The normalized spacial score (nSPS) is 18.2. The van der Waals surface area contributed by atoms with Crippen LogP contribution >= 0.6 is 0 Å². The Hall–Kier alpha value is -2.10. The highest BCUT2D eigenvalue weighted by Crippen LogP contribution is 2.26. The molecule has 0 aliphatic carbocycles. The van der Waals surface area contributed by atoms with Crippen LogP contribution in [0, 0.1) is 6.92 Å². The maximum absolute atomic E-state index is 11.9. The Balaban J connectivity index is 2.00. The number of fused-ring (bicyclic) bond motifs is 1. The van der Waals surface area contributed by atoms with Crippen molar-refractivity contribution in [3.05, 3.63) is 53.4 Å². The Labute approximate surface area is 112 Å². The highest BCUT2D eigenvalue weighted by atomic mass is 16.5. The van der Waals surface area contributed by atoms with Crippen LogP contribution in [0.4, 0.5) is 0 Å². The van der Waals surface area contributed by atoms with Gasteiger partial charge in [0.1, 0.15) is 0 Å². The van der Waals surface area contributed by atoms with E-state index in [1.807, 2.05) is 36.2 Å². The van der Waals surface area contributed by atoms with E-state index < -0.39 is 0 Å². The molecule has 3 rings (SSSR count). The lowest BCUT2D eigenvalue weighted by Gasteiger charge is -2.30. The number of rotatable bonds is 1. The molecule has 4 nitrogen and oxygen atoms in total. The molecule has 0 saturated carbocycles. The van der Waals surface area contributed by atoms with Crippen LogP contribution in [0.15, 0.2) is 41.1 Å². The molecule has 1 aromatic heterocycles. The van der Waals surface area contributed by atoms with Crippen LogP contribution in [-0.4, -0.2) is 10.8 Å². The fourth-order valence-corrected chi connectivity index (χ4v) is 2.62. The highest BCUT2D eigenvalue weighted by Gasteiger charge is 2.36. The van der Waals surface area contributed by atoms with E-state index in [1.54, 1.807) is 11.7 Å². The number of carbonyl (C=O) groups excluding carboxylic acids is 1. The average Bonchev–Trinajstić information content (AvgIpc) is 2.83. The van der Waals surface area contributed by atoms with E-state index in [0.29, 0.717) is 6.54 Å². The summed E-state index contributed by atoms with van der Waals surface area (Å²) in [5.41, 5.74) is 2.50. The van der Waals surface area contributed by atoms with Crippen molar-refractivity contribution in [3.8, 4) is 0 Å². The average molecular weight is 257 g/mol. The zero-order valence-corrected chi connectivity index (χ0v) is 11.2. The number of aryl methyl sites for hydroxylation is 1. The lowest BCUT2D eigenvalue weighted by atomic mass is 9.97. The van der Waals surface area contributed by atoms with E-state index in [1.165, 1.54) is 11.1 Å². The fourth-order valence-electron chi connectivity index (χ4n) is 2.62. The van der Waals surface area contributed by atoms with Crippen molar-refractivity contribution in [2.24, 2.45) is 0 Å². The summed E-state index contributed by atoms with van der Waals surface area (Å²) in [5.74, 6) is 0.920. The molecule has 1 aromatic carbocycles. The second-order valence-electron chi connectivity index (χ2n) is 4.98. The van der Waals surface area contributed by atoms with Crippen molar-refractivity contribution in [2.45, 2.75) is 33.0 Å². The number of hydrogen-bond donors (Lipinski definition) is 0. The highest BCUT2D eigenvalue weighted by molar-refractivity contribution is 5.73. The molecule has 0 N–H and O–H groups in total. The molecule has 0 saturated heterocycles. The Morgan fingerprint density at radius 1 is 1.32 bits per heavy atom. The van der Waals surface area contributed by atoms with E-state index in [-0.39, 0.29) is 12.1 Å². The molecule has 2 aromatic rings. The number of benzene rings is 1. The molecule has 0 radical (unpaired) electrons. The summed E-state index contributed by atoms with van der Waals surface area (Å²) >= 11 is 0. The van der Waals surface area contributed by atoms with Crippen LogP contribution in [0.3, 0.4) is 0 Å². The van der Waals surface area contributed by atoms with Gasteiger partial charge in [-0.25, -0.2) is 4.52 Å². The van der Waals surface area contributed by atoms with Gasteiger partial charge in [0, 0.05) is 18.6 Å². The lowest BCUT2D eigenvalue weighted by Crippen LogP contribution is -2.52. The van der Waals surface area contributed by atoms with Gasteiger partial charge in [-0.1, -0.05) is 24.3 Å². The molecule has 19 heavy (non-hydrogen) atoms. The van der Waals surface area contributed by atoms with Crippen LogP contribution in [-0.2, 0) is 17.8 Å². The Morgan fingerprint density at radius 2 is 2.05 bits per heavy atom. The van der Waals surface area contributed by atoms with Gasteiger partial charge >= 0.3 is 0 Å². The summed E-state index contributed by atoms with van der Waals surface area (Å²) in [7, 11) is 0. The lowest BCUT2D eigenvalue weighted by molar-refractivity contribution is -0.895. The monoisotopic (exact) mass is 257 g/mol. The first kappa shape index (κ1) is 12.0. The molecule has 4 heteroatoms. The smallest absolute Gasteiger partial charge is 0.277 e. The van der Waals surface area contributed by atoms with Gasteiger partial charge in [-0.2, -0.15) is 0 Å². The second kappa shape index (κ2) is 4.53. The molecule has 0 fully saturated rings. The Morgan fingerprint density at radius 3 is 2.68 bits per heavy atom. The van der Waals surface area contributed by atoms with Gasteiger partial charge in [0.25, 0.3) is 6.17 Å². The first-order valence-corrected chi connectivity index (χ1v) is 6.47. The number of carbonyl (C=O) groups is 1. The first-order valence-electron chi connectivity index (χ1n) is 6.47. The van der Waals surface area contributed by atoms with Gasteiger partial charge in [0.05, 0.1) is 19.0 Å². The second-order valence-corrected chi connectivity index (χ2v) is 4.98. The molecule has 0 spiro atoms. The maximum atomic E-state index is 11.9. The van der Waals surface area contributed by atoms with Gasteiger partial charge in [0.2, 0.25) is 12.1 Å². The minimum absolute atomic E-state index is 0.0684. The van der Waals surface area contributed by atoms with Gasteiger partial charge < -0.3 is 0 Å². The van der Waals surface area contributed by atoms with E-state index in [2.05, 4.69) is 12.1 Å². The Kier molecular flexibility index (Phi) is 2.85. The third-order valence-corrected chi connectivity index (χ3v) is 3.63. The van der Waals surface area contributed by atoms with E-state index in [9.17, 15) is 4.79 Å². The minimum atomic E-state index is -0.0684. The standard InChI is InChI=1S/C15H17N2O2/c1-11-7-8-17(19-11)15-9-13-5-3-4-6-14(13)10-16(15)12(2)18/h3-8,15H,9-10H2,1-2H3/q+1. The number of nitrogens with zero attached hydrogens (tertiary/aromatic N) is 2. The van der Waals surface area contributed by atoms with E-state index in [0.717, 1.165) is 12.2 Å². The molecule has 1 unspecified atom stereocenters. The number of hydrogen-bond acceptors (Lipinski definition) is 2. The van der Waals surface area contributed by atoms with Gasteiger partial charge in [-0.3, -0.25) is 9.69 Å². The molecule has 2 heterocycles. The minimum Gasteiger partial charge on any atom is -0.277 e. The molecule has 1 amide bonds. The summed E-state index contributed by atoms with van der Waals surface area (Å²) in [4.78, 5) is 13.7. The van der Waals surface area contributed by atoms with Gasteiger partial charge in [0.15, 0.2) is 5.76 Å². The van der Waals surface area contributed by atoms with Crippen LogP contribution < -0.4 is 4.74 Å². The third kappa shape index (κ3) is 2.14. The summed E-state index contributed by atoms with van der Waals surface area (Å²) in [5, 5.41) is 0. The van der Waals surface area contributed by atoms with Crippen molar-refractivity contribution in [1.29, 1.82) is 0 Å². The third-order valence-electron chi connectivity index (χ3n) is 3.63. The predicted molar refractivity (Wildman–Crippen MR) is 69.0 cm³/mol.